The number of ether oxygens (including phenoxy) is 1. The summed E-state index contributed by atoms with van der Waals surface area (Å²) in [5.74, 6) is -1.36. The van der Waals surface area contributed by atoms with E-state index >= 15 is 0 Å². The molecule has 1 atom stereocenters. The molecule has 0 spiro atoms. The van der Waals surface area contributed by atoms with Gasteiger partial charge in [0.2, 0.25) is 5.89 Å². The first-order valence-corrected chi connectivity index (χ1v) is 8.57. The van der Waals surface area contributed by atoms with Crippen LogP contribution in [-0.2, 0) is 6.18 Å². The minimum Gasteiger partial charge on any atom is -0.492 e. The fourth-order valence-corrected chi connectivity index (χ4v) is 2.92. The Kier molecular flexibility index (Phi) is 5.52. The number of aromatic nitrogens is 2. The fraction of sp³-hybridized carbons (Fsp3) is 0.471. The highest BCUT2D eigenvalue weighted by Gasteiger charge is 2.39. The van der Waals surface area contributed by atoms with Crippen LogP contribution in [0.2, 0.25) is 0 Å². The summed E-state index contributed by atoms with van der Waals surface area (Å²) in [5.41, 5.74) is 0.531. The lowest BCUT2D eigenvalue weighted by molar-refractivity contribution is -0.157. The quantitative estimate of drug-likeness (QED) is 0.865. The number of hydrogen-bond donors (Lipinski definition) is 1. The molecule has 0 radical (unpaired) electrons. The molecule has 1 N–H and O–H groups in total. The van der Waals surface area contributed by atoms with Crippen LogP contribution in [-0.4, -0.2) is 40.8 Å². The summed E-state index contributed by atoms with van der Waals surface area (Å²) < 4.78 is 48.1. The smallest absolute Gasteiger partial charge is 0.470 e. The fourth-order valence-electron chi connectivity index (χ4n) is 2.92. The van der Waals surface area contributed by atoms with Gasteiger partial charge in [-0.1, -0.05) is 12.1 Å². The molecule has 146 valence electrons. The van der Waals surface area contributed by atoms with E-state index in [2.05, 4.69) is 15.5 Å². The minimum absolute atomic E-state index is 0.102. The Balaban J connectivity index is 1.67. The number of piperidine rings is 1. The maximum Gasteiger partial charge on any atom is 0.470 e. The zero-order chi connectivity index (χ0) is 19.4. The third kappa shape index (κ3) is 4.50. The Morgan fingerprint density at radius 1 is 1.37 bits per heavy atom. The van der Waals surface area contributed by atoms with Gasteiger partial charge in [-0.3, -0.25) is 0 Å². The first kappa shape index (κ1) is 19.0. The molecule has 0 aliphatic carbocycles. The van der Waals surface area contributed by atoms with Crippen LogP contribution in [0.4, 0.5) is 23.7 Å². The molecule has 1 saturated heterocycles. The van der Waals surface area contributed by atoms with Gasteiger partial charge >= 0.3 is 18.1 Å². The highest BCUT2D eigenvalue weighted by atomic mass is 19.4. The molecule has 1 aromatic carbocycles. The lowest BCUT2D eigenvalue weighted by Gasteiger charge is -2.31. The molecule has 7 nitrogen and oxygen atoms in total. The molecule has 1 aliphatic heterocycles. The van der Waals surface area contributed by atoms with Gasteiger partial charge in [0, 0.05) is 13.1 Å². The lowest BCUT2D eigenvalue weighted by Crippen LogP contribution is -2.41. The number of amides is 2. The van der Waals surface area contributed by atoms with E-state index in [4.69, 9.17) is 9.15 Å². The summed E-state index contributed by atoms with van der Waals surface area (Å²) >= 11 is 0. The molecule has 10 heteroatoms. The van der Waals surface area contributed by atoms with Crippen molar-refractivity contribution in [3.8, 4) is 5.75 Å². The van der Waals surface area contributed by atoms with Gasteiger partial charge in [0.1, 0.15) is 5.75 Å². The largest absolute Gasteiger partial charge is 0.492 e. The first-order valence-electron chi connectivity index (χ1n) is 8.57. The topological polar surface area (TPSA) is 80.5 Å². The molecular formula is C17H19F3N4O3. The molecule has 0 saturated carbocycles. The second-order valence-corrected chi connectivity index (χ2v) is 6.09. The van der Waals surface area contributed by atoms with Gasteiger partial charge < -0.3 is 19.4 Å². The van der Waals surface area contributed by atoms with E-state index in [1.807, 2.05) is 6.92 Å². The van der Waals surface area contributed by atoms with Crippen LogP contribution in [0.3, 0.4) is 0 Å². The van der Waals surface area contributed by atoms with Gasteiger partial charge in [-0.15, -0.1) is 10.2 Å². The molecule has 27 heavy (non-hydrogen) atoms. The molecule has 3 rings (SSSR count). The van der Waals surface area contributed by atoms with Crippen LogP contribution in [0.1, 0.15) is 37.5 Å². The van der Waals surface area contributed by atoms with E-state index < -0.39 is 18.0 Å². The van der Waals surface area contributed by atoms with E-state index in [0.29, 0.717) is 37.4 Å². The number of hydrogen-bond acceptors (Lipinski definition) is 5. The van der Waals surface area contributed by atoms with Crippen LogP contribution in [0.5, 0.6) is 5.75 Å². The van der Waals surface area contributed by atoms with Gasteiger partial charge in [0.05, 0.1) is 18.2 Å². The van der Waals surface area contributed by atoms with Gasteiger partial charge in [0.15, 0.2) is 0 Å². The number of urea groups is 1. The van der Waals surface area contributed by atoms with Crippen LogP contribution in [0, 0.1) is 0 Å². The van der Waals surface area contributed by atoms with Gasteiger partial charge in [-0.05, 0) is 31.9 Å². The normalized spacial score (nSPS) is 17.6. The number of para-hydroxylation sites is 2. The van der Waals surface area contributed by atoms with Crippen molar-refractivity contribution in [2.24, 2.45) is 0 Å². The summed E-state index contributed by atoms with van der Waals surface area (Å²) in [6, 6.07) is 6.68. The zero-order valence-electron chi connectivity index (χ0n) is 14.6. The monoisotopic (exact) mass is 384 g/mol. The van der Waals surface area contributed by atoms with Crippen molar-refractivity contribution < 1.29 is 27.1 Å². The number of carbonyl (C=O) groups is 1. The van der Waals surface area contributed by atoms with Crippen molar-refractivity contribution in [2.75, 3.05) is 25.0 Å². The highest BCUT2D eigenvalue weighted by molar-refractivity contribution is 5.91. The highest BCUT2D eigenvalue weighted by Crippen LogP contribution is 2.32. The van der Waals surface area contributed by atoms with Crippen molar-refractivity contribution >= 4 is 11.7 Å². The number of halogens is 3. The van der Waals surface area contributed by atoms with E-state index in [-0.39, 0.29) is 18.5 Å². The number of rotatable bonds is 4. The Bertz CT molecular complexity index is 794. The first-order chi connectivity index (χ1) is 12.9. The van der Waals surface area contributed by atoms with Crippen molar-refractivity contribution in [2.45, 2.75) is 31.9 Å². The van der Waals surface area contributed by atoms with Gasteiger partial charge in [-0.2, -0.15) is 13.2 Å². The van der Waals surface area contributed by atoms with E-state index in [0.717, 1.165) is 0 Å². The molecule has 1 aliphatic rings. The summed E-state index contributed by atoms with van der Waals surface area (Å²) in [6.45, 7) is 2.98. The van der Waals surface area contributed by atoms with Crippen LogP contribution >= 0.6 is 0 Å². The molecule has 1 aromatic heterocycles. The predicted octanol–water partition coefficient (Wildman–Crippen LogP) is 3.90. The van der Waals surface area contributed by atoms with Crippen molar-refractivity contribution in [3.63, 3.8) is 0 Å². The Morgan fingerprint density at radius 3 is 2.85 bits per heavy atom. The molecule has 1 fully saturated rings. The third-order valence-electron chi connectivity index (χ3n) is 4.17. The Labute approximate surface area is 153 Å². The second kappa shape index (κ2) is 7.85. The van der Waals surface area contributed by atoms with Crippen molar-refractivity contribution in [1.29, 1.82) is 0 Å². The molecule has 2 amide bonds. The summed E-state index contributed by atoms with van der Waals surface area (Å²) in [7, 11) is 0. The molecular weight excluding hydrogens is 365 g/mol. The van der Waals surface area contributed by atoms with Crippen LogP contribution in [0.15, 0.2) is 28.7 Å². The third-order valence-corrected chi connectivity index (χ3v) is 4.17. The van der Waals surface area contributed by atoms with E-state index in [9.17, 15) is 18.0 Å². The number of nitrogens with one attached hydrogen (secondary N) is 1. The number of carbonyl (C=O) groups excluding carboxylic acids is 1. The minimum atomic E-state index is -4.68. The van der Waals surface area contributed by atoms with E-state index in [1.54, 1.807) is 24.3 Å². The average molecular weight is 384 g/mol. The predicted molar refractivity (Wildman–Crippen MR) is 89.5 cm³/mol. The van der Waals surface area contributed by atoms with E-state index in [1.165, 1.54) is 4.90 Å². The second-order valence-electron chi connectivity index (χ2n) is 6.09. The number of likely N-dealkylation sites (tertiary alicyclic amines) is 1. The molecule has 0 bridgehead atoms. The maximum absolute atomic E-state index is 12.6. The summed E-state index contributed by atoms with van der Waals surface area (Å²) in [4.78, 5) is 14.1. The van der Waals surface area contributed by atoms with Crippen molar-refractivity contribution in [1.82, 2.24) is 15.1 Å². The van der Waals surface area contributed by atoms with Crippen molar-refractivity contribution in [3.05, 3.63) is 36.0 Å². The van der Waals surface area contributed by atoms with Crippen LogP contribution in [0.25, 0.3) is 0 Å². The van der Waals surface area contributed by atoms with Crippen LogP contribution < -0.4 is 10.1 Å². The zero-order valence-corrected chi connectivity index (χ0v) is 14.6. The maximum atomic E-state index is 12.6. The number of benzene rings is 1. The number of nitrogens with zero attached hydrogens (tertiary/aromatic N) is 3. The summed E-state index contributed by atoms with van der Waals surface area (Å²) in [5, 5.41) is 9.34. The SMILES string of the molecule is CCOc1ccccc1NC(=O)N1CCC[C@H](c2nnc(C(F)(F)F)o2)C1. The number of alkyl halides is 3. The van der Waals surface area contributed by atoms with Gasteiger partial charge in [0.25, 0.3) is 0 Å². The standard InChI is InChI=1S/C17H19F3N4O3/c1-2-26-13-8-4-3-7-12(13)21-16(25)24-9-5-6-11(10-24)14-22-23-15(27-14)17(18,19)20/h3-4,7-8,11H,2,5-6,9-10H2,1H3,(H,21,25)/t11-/m0/s1. The summed E-state index contributed by atoms with van der Waals surface area (Å²) in [6.07, 6.45) is -3.49. The molecule has 2 aromatic rings. The molecule has 0 unspecified atom stereocenters. The van der Waals surface area contributed by atoms with Gasteiger partial charge in [-0.25, -0.2) is 4.79 Å². The Morgan fingerprint density at radius 2 is 2.15 bits per heavy atom. The lowest BCUT2D eigenvalue weighted by atomic mass is 9.98. The Hall–Kier alpha value is -2.78. The number of anilines is 1. The average Bonchev–Trinajstić information content (AvgIpc) is 3.14. The molecule has 2 heterocycles.